The van der Waals surface area contributed by atoms with Gasteiger partial charge in [-0.05, 0) is 94.0 Å². The molecule has 0 amide bonds. The van der Waals surface area contributed by atoms with Gasteiger partial charge in [-0.25, -0.2) is 0 Å². The van der Waals surface area contributed by atoms with E-state index in [1.54, 1.807) is 0 Å². The van der Waals surface area contributed by atoms with Gasteiger partial charge >= 0.3 is 0 Å². The summed E-state index contributed by atoms with van der Waals surface area (Å²) in [5.41, 5.74) is 14.1. The minimum absolute atomic E-state index is 1.10. The summed E-state index contributed by atoms with van der Waals surface area (Å²) in [4.78, 5) is 2.45. The van der Waals surface area contributed by atoms with Gasteiger partial charge in [0.2, 0.25) is 0 Å². The molecule has 0 aliphatic heterocycles. The lowest BCUT2D eigenvalue weighted by Crippen LogP contribution is -2.11. The number of rotatable bonds is 7. The molecule has 0 aliphatic rings. The van der Waals surface area contributed by atoms with Crippen LogP contribution in [-0.2, 0) is 0 Å². The first-order valence-corrected chi connectivity index (χ1v) is 20.2. The van der Waals surface area contributed by atoms with E-state index in [1.807, 2.05) is 11.3 Å². The predicted molar refractivity (Wildman–Crippen MR) is 245 cm³/mol. The van der Waals surface area contributed by atoms with Crippen molar-refractivity contribution in [2.24, 2.45) is 0 Å². The fourth-order valence-electron chi connectivity index (χ4n) is 8.44. The second-order valence-corrected chi connectivity index (χ2v) is 15.6. The molecule has 2 nitrogen and oxygen atoms in total. The van der Waals surface area contributed by atoms with Crippen LogP contribution in [0.25, 0.3) is 81.0 Å². The summed E-state index contributed by atoms with van der Waals surface area (Å²) in [5, 5.41) is 5.01. The zero-order chi connectivity index (χ0) is 37.7. The Morgan fingerprint density at radius 1 is 0.333 bits per heavy atom. The quantitative estimate of drug-likeness (QED) is 0.158. The lowest BCUT2D eigenvalue weighted by atomic mass is 10.0. The number of hydrogen-bond donors (Lipinski definition) is 0. The summed E-state index contributed by atoms with van der Waals surface area (Å²) < 4.78 is 5.00. The van der Waals surface area contributed by atoms with Gasteiger partial charge in [0.05, 0.1) is 21.4 Å². The predicted octanol–water partition coefficient (Wildman–Crippen LogP) is 15.6. The third-order valence-electron chi connectivity index (χ3n) is 11.2. The summed E-state index contributed by atoms with van der Waals surface area (Å²) in [5.74, 6) is 0. The van der Waals surface area contributed by atoms with Crippen LogP contribution in [0, 0.1) is 0 Å². The van der Waals surface area contributed by atoms with Crippen LogP contribution in [0.1, 0.15) is 0 Å². The Labute approximate surface area is 335 Å². The molecule has 57 heavy (non-hydrogen) atoms. The van der Waals surface area contributed by atoms with E-state index < -0.39 is 0 Å². The van der Waals surface area contributed by atoms with E-state index in [1.165, 1.54) is 75.4 Å². The number of hydrogen-bond acceptors (Lipinski definition) is 2. The highest BCUT2D eigenvalue weighted by atomic mass is 32.1. The molecule has 0 radical (unpaired) electrons. The second kappa shape index (κ2) is 13.8. The number of para-hydroxylation sites is 1. The molecule has 2 aromatic heterocycles. The molecule has 0 saturated heterocycles. The summed E-state index contributed by atoms with van der Waals surface area (Å²) in [6, 6.07) is 79.4. The number of nitrogens with zero attached hydrogens (tertiary/aromatic N) is 2. The van der Waals surface area contributed by atoms with Crippen LogP contribution >= 0.6 is 11.3 Å². The maximum atomic E-state index is 2.46. The van der Waals surface area contributed by atoms with Crippen molar-refractivity contribution < 1.29 is 0 Å². The third kappa shape index (κ3) is 5.80. The molecule has 0 atom stereocenters. The molecule has 0 unspecified atom stereocenters. The van der Waals surface area contributed by atoms with Gasteiger partial charge in [0, 0.05) is 43.3 Å². The fourth-order valence-corrected chi connectivity index (χ4v) is 9.63. The molecule has 0 N–H and O–H groups in total. The lowest BCUT2D eigenvalue weighted by Gasteiger charge is -2.27. The van der Waals surface area contributed by atoms with Gasteiger partial charge in [0.1, 0.15) is 0 Å². The highest BCUT2D eigenvalue weighted by molar-refractivity contribution is 7.26. The monoisotopic (exact) mass is 744 g/mol. The van der Waals surface area contributed by atoms with Crippen molar-refractivity contribution in [2.75, 3.05) is 4.90 Å². The van der Waals surface area contributed by atoms with Gasteiger partial charge < -0.3 is 9.47 Å². The normalized spacial score (nSPS) is 11.5. The SMILES string of the molecule is c1ccc(-c2ccc(N(c3ccc(-c4ccccc4)cc3)c3cc(-n4c5ccccc5c5cc(-c6ccccc6)ccc54)cc4c3sc3ccccc34)cc2)cc1. The van der Waals surface area contributed by atoms with Crippen molar-refractivity contribution in [1.29, 1.82) is 0 Å². The van der Waals surface area contributed by atoms with Gasteiger partial charge in [-0.15, -0.1) is 11.3 Å². The Balaban J connectivity index is 1.17. The standard InChI is InChI=1S/C54H36N2S/c1-4-14-37(15-5-1)40-24-29-43(30-25-40)55(44-31-26-41(27-32-44)38-16-6-2-7-17-38)52-36-45(35-49-47-21-11-13-23-53(47)57-54(49)52)56-50-22-12-10-20-46(50)48-34-42(28-33-51(48)56)39-18-8-3-9-19-39/h1-36H. The van der Waals surface area contributed by atoms with Gasteiger partial charge in [-0.3, -0.25) is 0 Å². The molecule has 11 rings (SSSR count). The van der Waals surface area contributed by atoms with Crippen molar-refractivity contribution in [1.82, 2.24) is 4.57 Å². The fraction of sp³-hybridized carbons (Fsp3) is 0. The summed E-state index contributed by atoms with van der Waals surface area (Å²) in [7, 11) is 0. The molecule has 2 heterocycles. The van der Waals surface area contributed by atoms with E-state index in [0.29, 0.717) is 0 Å². The largest absolute Gasteiger partial charge is 0.309 e. The average Bonchev–Trinajstić information content (AvgIpc) is 3.83. The number of aromatic nitrogens is 1. The summed E-state index contributed by atoms with van der Waals surface area (Å²) >= 11 is 1.87. The van der Waals surface area contributed by atoms with Crippen molar-refractivity contribution in [3.8, 4) is 39.1 Å². The number of anilines is 3. The Morgan fingerprint density at radius 2 is 0.807 bits per heavy atom. The molecule has 0 aliphatic carbocycles. The van der Waals surface area contributed by atoms with E-state index in [2.05, 4.69) is 228 Å². The molecule has 11 aromatic rings. The number of fused-ring (bicyclic) bond motifs is 6. The summed E-state index contributed by atoms with van der Waals surface area (Å²) in [6.45, 7) is 0. The summed E-state index contributed by atoms with van der Waals surface area (Å²) in [6.07, 6.45) is 0. The first-order valence-electron chi connectivity index (χ1n) is 19.4. The number of thiophene rings is 1. The van der Waals surface area contributed by atoms with Crippen molar-refractivity contribution in [2.45, 2.75) is 0 Å². The van der Waals surface area contributed by atoms with Gasteiger partial charge in [-0.1, -0.05) is 158 Å². The second-order valence-electron chi connectivity index (χ2n) is 14.6. The first-order chi connectivity index (χ1) is 28.3. The molecule has 268 valence electrons. The highest BCUT2D eigenvalue weighted by Gasteiger charge is 2.22. The van der Waals surface area contributed by atoms with Crippen LogP contribution in [0.5, 0.6) is 0 Å². The van der Waals surface area contributed by atoms with Crippen LogP contribution < -0.4 is 4.90 Å². The van der Waals surface area contributed by atoms with Crippen LogP contribution in [-0.4, -0.2) is 4.57 Å². The molecule has 3 heteroatoms. The Kier molecular flexibility index (Phi) is 8.04. The zero-order valence-electron chi connectivity index (χ0n) is 31.1. The molecule has 9 aromatic carbocycles. The molecule has 0 spiro atoms. The Hall–Kier alpha value is -7.20. The topological polar surface area (TPSA) is 8.17 Å². The van der Waals surface area contributed by atoms with Gasteiger partial charge in [-0.2, -0.15) is 0 Å². The molecular weight excluding hydrogens is 709 g/mol. The zero-order valence-corrected chi connectivity index (χ0v) is 31.9. The molecule has 0 fully saturated rings. The van der Waals surface area contributed by atoms with Crippen LogP contribution in [0.3, 0.4) is 0 Å². The van der Waals surface area contributed by atoms with E-state index >= 15 is 0 Å². The lowest BCUT2D eigenvalue weighted by molar-refractivity contribution is 1.18. The smallest absolute Gasteiger partial charge is 0.0661 e. The van der Waals surface area contributed by atoms with Crippen LogP contribution in [0.2, 0.25) is 0 Å². The van der Waals surface area contributed by atoms with E-state index in [9.17, 15) is 0 Å². The van der Waals surface area contributed by atoms with E-state index in [-0.39, 0.29) is 0 Å². The maximum Gasteiger partial charge on any atom is 0.0661 e. The van der Waals surface area contributed by atoms with Gasteiger partial charge in [0.15, 0.2) is 0 Å². The Morgan fingerprint density at radius 3 is 1.42 bits per heavy atom. The third-order valence-corrected chi connectivity index (χ3v) is 12.4. The molecular formula is C54H36N2S. The van der Waals surface area contributed by atoms with Crippen LogP contribution in [0.4, 0.5) is 17.1 Å². The highest BCUT2D eigenvalue weighted by Crippen LogP contribution is 2.47. The average molecular weight is 745 g/mol. The van der Waals surface area contributed by atoms with Crippen molar-refractivity contribution >= 4 is 70.4 Å². The minimum Gasteiger partial charge on any atom is -0.309 e. The van der Waals surface area contributed by atoms with E-state index in [0.717, 1.165) is 22.7 Å². The minimum atomic E-state index is 1.10. The van der Waals surface area contributed by atoms with Gasteiger partial charge in [0.25, 0.3) is 0 Å². The first kappa shape index (κ1) is 33.2. The van der Waals surface area contributed by atoms with E-state index in [4.69, 9.17) is 0 Å². The van der Waals surface area contributed by atoms with Crippen molar-refractivity contribution in [3.63, 3.8) is 0 Å². The Bertz CT molecular complexity index is 3120. The number of benzene rings is 9. The molecule has 0 bridgehead atoms. The van der Waals surface area contributed by atoms with Crippen molar-refractivity contribution in [3.05, 3.63) is 218 Å². The molecule has 0 saturated carbocycles. The van der Waals surface area contributed by atoms with Crippen LogP contribution in [0.15, 0.2) is 218 Å². The maximum absolute atomic E-state index is 2.46.